The van der Waals surface area contributed by atoms with Gasteiger partial charge >= 0.3 is 5.97 Å². The van der Waals surface area contributed by atoms with E-state index in [-0.39, 0.29) is 21.2 Å². The molecule has 6 heteroatoms. The van der Waals surface area contributed by atoms with Gasteiger partial charge in [0.15, 0.2) is 5.69 Å². The van der Waals surface area contributed by atoms with E-state index < -0.39 is 11.8 Å². The molecular weight excluding hydrogens is 253 g/mol. The Morgan fingerprint density at radius 3 is 2.88 bits per heavy atom. The number of hydrogen-bond donors (Lipinski definition) is 1. The molecule has 0 amide bonds. The maximum Gasteiger partial charge on any atom is 0.356 e. The van der Waals surface area contributed by atoms with E-state index in [0.29, 0.717) is 0 Å². The molecule has 2 rings (SSSR count). The van der Waals surface area contributed by atoms with Crippen molar-refractivity contribution in [2.45, 2.75) is 0 Å². The van der Waals surface area contributed by atoms with E-state index in [9.17, 15) is 9.18 Å². The molecule has 3 nitrogen and oxygen atoms in total. The Hall–Kier alpha value is -1.46. The maximum absolute atomic E-state index is 13.6. The first-order valence-electron chi connectivity index (χ1n) is 4.22. The third-order valence-corrected chi connectivity index (χ3v) is 3.12. The van der Waals surface area contributed by atoms with Crippen LogP contribution in [0.2, 0.25) is 5.02 Å². The quantitative estimate of drug-likeness (QED) is 0.898. The van der Waals surface area contributed by atoms with E-state index in [1.54, 1.807) is 0 Å². The lowest BCUT2D eigenvalue weighted by molar-refractivity contribution is 0.0692. The highest BCUT2D eigenvalue weighted by Crippen LogP contribution is 2.35. The minimum Gasteiger partial charge on any atom is -0.476 e. The van der Waals surface area contributed by atoms with Gasteiger partial charge in [-0.1, -0.05) is 17.7 Å². The molecule has 1 heterocycles. The Morgan fingerprint density at radius 1 is 1.50 bits per heavy atom. The second-order valence-corrected chi connectivity index (χ2v) is 4.19. The van der Waals surface area contributed by atoms with Gasteiger partial charge in [-0.25, -0.2) is 14.2 Å². The van der Waals surface area contributed by atoms with Gasteiger partial charge in [-0.15, -0.1) is 11.3 Å². The third-order valence-electron chi connectivity index (χ3n) is 1.96. The predicted molar refractivity (Wildman–Crippen MR) is 59.5 cm³/mol. The SMILES string of the molecule is O=C(O)c1ncsc1-c1c(F)cccc1Cl. The van der Waals surface area contributed by atoms with Crippen LogP contribution in [0.25, 0.3) is 10.4 Å². The number of carbonyl (C=O) groups is 1. The van der Waals surface area contributed by atoms with Crippen molar-refractivity contribution in [3.05, 3.63) is 40.2 Å². The van der Waals surface area contributed by atoms with E-state index in [0.717, 1.165) is 11.3 Å². The van der Waals surface area contributed by atoms with Crippen molar-refractivity contribution in [2.24, 2.45) is 0 Å². The van der Waals surface area contributed by atoms with Crippen LogP contribution >= 0.6 is 22.9 Å². The molecule has 0 radical (unpaired) electrons. The van der Waals surface area contributed by atoms with Gasteiger partial charge in [0.1, 0.15) is 5.82 Å². The second-order valence-electron chi connectivity index (χ2n) is 2.93. The Bertz CT molecular complexity index is 535. The summed E-state index contributed by atoms with van der Waals surface area (Å²) in [7, 11) is 0. The molecule has 0 fully saturated rings. The number of hydrogen-bond acceptors (Lipinski definition) is 3. The number of aromatic nitrogens is 1. The summed E-state index contributed by atoms with van der Waals surface area (Å²) in [6, 6.07) is 4.19. The normalized spacial score (nSPS) is 10.4. The number of carboxylic acids is 1. The molecule has 0 saturated heterocycles. The number of benzene rings is 1. The average Bonchev–Trinajstić information content (AvgIpc) is 2.66. The van der Waals surface area contributed by atoms with Gasteiger partial charge < -0.3 is 5.11 Å². The lowest BCUT2D eigenvalue weighted by Gasteiger charge is -2.03. The molecule has 1 aromatic carbocycles. The van der Waals surface area contributed by atoms with Crippen molar-refractivity contribution in [3.63, 3.8) is 0 Å². The van der Waals surface area contributed by atoms with Crippen LogP contribution in [0.15, 0.2) is 23.7 Å². The van der Waals surface area contributed by atoms with Crippen molar-refractivity contribution < 1.29 is 14.3 Å². The average molecular weight is 258 g/mol. The first-order chi connectivity index (χ1) is 7.61. The van der Waals surface area contributed by atoms with Gasteiger partial charge in [0, 0.05) is 5.56 Å². The van der Waals surface area contributed by atoms with Gasteiger partial charge in [0.05, 0.1) is 15.4 Å². The maximum atomic E-state index is 13.6. The molecule has 0 bridgehead atoms. The largest absolute Gasteiger partial charge is 0.476 e. The highest BCUT2D eigenvalue weighted by Gasteiger charge is 2.20. The smallest absolute Gasteiger partial charge is 0.356 e. The molecule has 0 saturated carbocycles. The monoisotopic (exact) mass is 257 g/mol. The van der Waals surface area contributed by atoms with Crippen molar-refractivity contribution in [1.29, 1.82) is 0 Å². The van der Waals surface area contributed by atoms with Crippen molar-refractivity contribution in [3.8, 4) is 10.4 Å². The Labute approximate surface area is 99.1 Å². The van der Waals surface area contributed by atoms with E-state index in [4.69, 9.17) is 16.7 Å². The summed E-state index contributed by atoms with van der Waals surface area (Å²) < 4.78 is 13.6. The van der Waals surface area contributed by atoms with Gasteiger partial charge in [0.2, 0.25) is 0 Å². The molecule has 0 aliphatic carbocycles. The summed E-state index contributed by atoms with van der Waals surface area (Å²) in [5.41, 5.74) is 1.25. The number of rotatable bonds is 2. The van der Waals surface area contributed by atoms with Gasteiger partial charge in [-0.3, -0.25) is 0 Å². The number of carboxylic acid groups (broad SMARTS) is 1. The topological polar surface area (TPSA) is 50.2 Å². The fraction of sp³-hybridized carbons (Fsp3) is 0. The van der Waals surface area contributed by atoms with E-state index in [2.05, 4.69) is 4.98 Å². The zero-order valence-corrected chi connectivity index (χ0v) is 9.35. The molecule has 82 valence electrons. The summed E-state index contributed by atoms with van der Waals surface area (Å²) >= 11 is 6.89. The molecule has 1 N–H and O–H groups in total. The molecule has 2 aromatic rings. The zero-order valence-electron chi connectivity index (χ0n) is 7.78. The highest BCUT2D eigenvalue weighted by atomic mass is 35.5. The van der Waals surface area contributed by atoms with Crippen LogP contribution < -0.4 is 0 Å². The van der Waals surface area contributed by atoms with Crippen molar-refractivity contribution in [1.82, 2.24) is 4.98 Å². The Balaban J connectivity index is 2.68. The molecule has 0 atom stereocenters. The summed E-state index contributed by atoms with van der Waals surface area (Å²) in [6.45, 7) is 0. The molecule has 0 spiro atoms. The second kappa shape index (κ2) is 4.19. The Morgan fingerprint density at radius 2 is 2.25 bits per heavy atom. The molecule has 0 aliphatic heterocycles. The molecule has 0 unspecified atom stereocenters. The first-order valence-corrected chi connectivity index (χ1v) is 5.48. The van der Waals surface area contributed by atoms with Crippen LogP contribution in [0.1, 0.15) is 10.5 Å². The van der Waals surface area contributed by atoms with Crippen LogP contribution in [0.4, 0.5) is 4.39 Å². The lowest BCUT2D eigenvalue weighted by atomic mass is 10.1. The summed E-state index contributed by atoms with van der Waals surface area (Å²) in [4.78, 5) is 14.8. The van der Waals surface area contributed by atoms with Crippen molar-refractivity contribution in [2.75, 3.05) is 0 Å². The number of thiazole rings is 1. The van der Waals surface area contributed by atoms with E-state index in [1.165, 1.54) is 23.7 Å². The lowest BCUT2D eigenvalue weighted by Crippen LogP contribution is -1.99. The number of halogens is 2. The van der Waals surface area contributed by atoms with Crippen LogP contribution in [0.3, 0.4) is 0 Å². The van der Waals surface area contributed by atoms with Crippen LogP contribution in [-0.2, 0) is 0 Å². The first kappa shape index (κ1) is 11.0. The van der Waals surface area contributed by atoms with Crippen LogP contribution in [-0.4, -0.2) is 16.1 Å². The predicted octanol–water partition coefficient (Wildman–Crippen LogP) is 3.30. The van der Waals surface area contributed by atoms with Crippen LogP contribution in [0, 0.1) is 5.82 Å². The molecule has 16 heavy (non-hydrogen) atoms. The van der Waals surface area contributed by atoms with Crippen LogP contribution in [0.5, 0.6) is 0 Å². The minimum absolute atomic E-state index is 0.0871. The summed E-state index contributed by atoms with van der Waals surface area (Å²) in [5, 5.41) is 9.05. The summed E-state index contributed by atoms with van der Waals surface area (Å²) in [6.07, 6.45) is 0. The van der Waals surface area contributed by atoms with Gasteiger partial charge in [0.25, 0.3) is 0 Å². The molecular formula is C10H5ClFNO2S. The highest BCUT2D eigenvalue weighted by molar-refractivity contribution is 7.13. The van der Waals surface area contributed by atoms with Crippen molar-refractivity contribution >= 4 is 28.9 Å². The minimum atomic E-state index is -1.20. The number of nitrogens with zero attached hydrogens (tertiary/aromatic N) is 1. The Kier molecular flexibility index (Phi) is 2.89. The molecule has 0 aliphatic rings. The third kappa shape index (κ3) is 1.79. The fourth-order valence-corrected chi connectivity index (χ4v) is 2.44. The fourth-order valence-electron chi connectivity index (χ4n) is 1.29. The number of aromatic carboxylic acids is 1. The van der Waals surface area contributed by atoms with Gasteiger partial charge in [-0.05, 0) is 12.1 Å². The van der Waals surface area contributed by atoms with Gasteiger partial charge in [-0.2, -0.15) is 0 Å². The van der Waals surface area contributed by atoms with E-state index in [1.807, 2.05) is 0 Å². The standard InChI is InChI=1S/C10H5ClFNO2S/c11-5-2-1-3-6(12)7(5)9-8(10(14)15)13-4-16-9/h1-4H,(H,14,15). The molecule has 1 aromatic heterocycles. The van der Waals surface area contributed by atoms with E-state index >= 15 is 0 Å². The summed E-state index contributed by atoms with van der Waals surface area (Å²) in [5.74, 6) is -1.75. The zero-order chi connectivity index (χ0) is 11.7.